The number of nitrogens with one attached hydrogen (secondary N) is 1. The van der Waals surface area contributed by atoms with E-state index in [0.717, 1.165) is 18.4 Å². The van der Waals surface area contributed by atoms with Crippen molar-refractivity contribution in [2.24, 2.45) is 5.73 Å². The first-order chi connectivity index (χ1) is 11.0. The van der Waals surface area contributed by atoms with E-state index in [1.165, 1.54) is 23.0 Å². The zero-order chi connectivity index (χ0) is 16.9. The van der Waals surface area contributed by atoms with Gasteiger partial charge in [-0.05, 0) is 30.5 Å². The quantitative estimate of drug-likeness (QED) is 0.796. The molecule has 0 aliphatic rings. The van der Waals surface area contributed by atoms with Crippen LogP contribution in [0.2, 0.25) is 0 Å². The highest BCUT2D eigenvalue weighted by atomic mass is 35.5. The molecule has 1 aromatic heterocycles. The lowest BCUT2D eigenvalue weighted by molar-refractivity contribution is 0.0937. The third-order valence-corrected chi connectivity index (χ3v) is 4.01. The summed E-state index contributed by atoms with van der Waals surface area (Å²) in [5, 5.41) is 10.5. The Kier molecular flexibility index (Phi) is 7.31. The van der Waals surface area contributed by atoms with E-state index in [4.69, 9.17) is 5.73 Å². The zero-order valence-corrected chi connectivity index (χ0v) is 14.6. The Bertz CT molecular complexity index is 672. The van der Waals surface area contributed by atoms with Gasteiger partial charge in [0.25, 0.3) is 5.91 Å². The van der Waals surface area contributed by atoms with Crippen molar-refractivity contribution < 1.29 is 9.18 Å². The molecule has 3 N–H and O–H groups in total. The second kappa shape index (κ2) is 8.75. The molecule has 0 aliphatic heterocycles. The van der Waals surface area contributed by atoms with E-state index in [1.54, 1.807) is 12.1 Å². The first kappa shape index (κ1) is 20.1. The zero-order valence-electron chi connectivity index (χ0n) is 13.8. The largest absolute Gasteiger partial charge is 0.349 e. The molecule has 2 rings (SSSR count). The van der Waals surface area contributed by atoms with E-state index in [0.29, 0.717) is 13.1 Å². The number of amides is 1. The third kappa shape index (κ3) is 5.28. The van der Waals surface area contributed by atoms with Gasteiger partial charge < -0.3 is 11.1 Å². The van der Waals surface area contributed by atoms with Gasteiger partial charge in [-0.3, -0.25) is 4.79 Å². The van der Waals surface area contributed by atoms with Gasteiger partial charge in [-0.1, -0.05) is 31.2 Å². The minimum absolute atomic E-state index is 0. The number of halogens is 2. The van der Waals surface area contributed by atoms with Gasteiger partial charge >= 0.3 is 0 Å². The Morgan fingerprint density at radius 2 is 2.08 bits per heavy atom. The fourth-order valence-corrected chi connectivity index (χ4v) is 2.15. The minimum atomic E-state index is -0.410. The third-order valence-electron chi connectivity index (χ3n) is 4.01. The van der Waals surface area contributed by atoms with Crippen molar-refractivity contribution in [1.82, 2.24) is 20.3 Å². The molecule has 0 atom stereocenters. The second-order valence-electron chi connectivity index (χ2n) is 5.68. The number of hydrogen-bond donors (Lipinski definition) is 2. The van der Waals surface area contributed by atoms with E-state index in [2.05, 4.69) is 15.6 Å². The summed E-state index contributed by atoms with van der Waals surface area (Å²) in [7, 11) is 0. The fraction of sp³-hybridized carbons (Fsp3) is 0.438. The van der Waals surface area contributed by atoms with Crippen molar-refractivity contribution in [1.29, 1.82) is 0 Å². The molecule has 24 heavy (non-hydrogen) atoms. The van der Waals surface area contributed by atoms with E-state index in [9.17, 15) is 9.18 Å². The normalized spacial score (nSPS) is 11.0. The van der Waals surface area contributed by atoms with E-state index >= 15 is 0 Å². The van der Waals surface area contributed by atoms with Crippen LogP contribution in [0.3, 0.4) is 0 Å². The van der Waals surface area contributed by atoms with Gasteiger partial charge in [-0.15, -0.1) is 17.5 Å². The second-order valence-corrected chi connectivity index (χ2v) is 5.68. The molecule has 8 heteroatoms. The molecule has 0 bridgehead atoms. The average molecular weight is 356 g/mol. The summed E-state index contributed by atoms with van der Waals surface area (Å²) in [6, 6.07) is 6.22. The van der Waals surface area contributed by atoms with Gasteiger partial charge in [0.05, 0.1) is 12.7 Å². The van der Waals surface area contributed by atoms with E-state index in [-0.39, 0.29) is 29.8 Å². The Labute approximate surface area is 147 Å². The predicted molar refractivity (Wildman–Crippen MR) is 92.6 cm³/mol. The monoisotopic (exact) mass is 355 g/mol. The SMILES string of the molecule is CCC(N)(CC)CNC(=O)c1cn(Cc2cccc(F)c2)nn1.Cl. The molecule has 1 heterocycles. The van der Waals surface area contributed by atoms with Crippen LogP contribution in [0.5, 0.6) is 0 Å². The summed E-state index contributed by atoms with van der Waals surface area (Å²) < 4.78 is 14.7. The predicted octanol–water partition coefficient (Wildman–Crippen LogP) is 2.13. The van der Waals surface area contributed by atoms with Gasteiger partial charge in [0.2, 0.25) is 0 Å². The van der Waals surface area contributed by atoms with Crippen molar-refractivity contribution in [3.8, 4) is 0 Å². The smallest absolute Gasteiger partial charge is 0.273 e. The van der Waals surface area contributed by atoms with Crippen LogP contribution in [-0.2, 0) is 6.54 Å². The number of nitrogens with zero attached hydrogens (tertiary/aromatic N) is 3. The highest BCUT2D eigenvalue weighted by molar-refractivity contribution is 5.91. The van der Waals surface area contributed by atoms with Crippen LogP contribution in [-0.4, -0.2) is 33.0 Å². The van der Waals surface area contributed by atoms with Gasteiger partial charge in [-0.25, -0.2) is 9.07 Å². The van der Waals surface area contributed by atoms with Gasteiger partial charge in [0, 0.05) is 12.1 Å². The van der Waals surface area contributed by atoms with Crippen molar-refractivity contribution in [2.45, 2.75) is 38.8 Å². The van der Waals surface area contributed by atoms with Gasteiger partial charge in [0.15, 0.2) is 5.69 Å². The summed E-state index contributed by atoms with van der Waals surface area (Å²) in [5.74, 6) is -0.619. The van der Waals surface area contributed by atoms with E-state index in [1.807, 2.05) is 13.8 Å². The number of aromatic nitrogens is 3. The molecule has 1 amide bonds. The number of carbonyl (C=O) groups excluding carboxylic acids is 1. The molecule has 0 unspecified atom stereocenters. The molecule has 0 radical (unpaired) electrons. The lowest BCUT2D eigenvalue weighted by Gasteiger charge is -2.26. The van der Waals surface area contributed by atoms with Crippen LogP contribution in [0.4, 0.5) is 4.39 Å². The Morgan fingerprint density at radius 3 is 2.71 bits per heavy atom. The Morgan fingerprint density at radius 1 is 1.38 bits per heavy atom. The maximum absolute atomic E-state index is 13.2. The van der Waals surface area contributed by atoms with Crippen molar-refractivity contribution in [2.75, 3.05) is 6.54 Å². The maximum atomic E-state index is 13.2. The topological polar surface area (TPSA) is 85.8 Å². The average Bonchev–Trinajstić information content (AvgIpc) is 3.01. The maximum Gasteiger partial charge on any atom is 0.273 e. The number of nitrogens with two attached hydrogens (primary N) is 1. The number of carbonyl (C=O) groups is 1. The minimum Gasteiger partial charge on any atom is -0.349 e. The lowest BCUT2D eigenvalue weighted by atomic mass is 9.94. The molecule has 132 valence electrons. The number of rotatable bonds is 7. The standard InChI is InChI=1S/C16H22FN5O.ClH/c1-3-16(18,4-2)11-19-15(23)14-10-22(21-20-14)9-12-6-5-7-13(17)8-12;/h5-8,10H,3-4,9,11,18H2,1-2H3,(H,19,23);1H. The van der Waals surface area contributed by atoms with Crippen LogP contribution in [0.15, 0.2) is 30.5 Å². The molecule has 0 spiro atoms. The Balaban J connectivity index is 0.00000288. The van der Waals surface area contributed by atoms with Crippen LogP contribution in [0.1, 0.15) is 42.7 Å². The van der Waals surface area contributed by atoms with Gasteiger partial charge in [0.1, 0.15) is 5.82 Å². The molecule has 0 aliphatic carbocycles. The lowest BCUT2D eigenvalue weighted by Crippen LogP contribution is -2.49. The highest BCUT2D eigenvalue weighted by Crippen LogP contribution is 2.10. The molecule has 1 aromatic carbocycles. The molecular formula is C16H23ClFN5O. The van der Waals surface area contributed by atoms with Crippen molar-refractivity contribution >= 4 is 18.3 Å². The van der Waals surface area contributed by atoms with Crippen molar-refractivity contribution in [3.63, 3.8) is 0 Å². The van der Waals surface area contributed by atoms with Crippen LogP contribution >= 0.6 is 12.4 Å². The van der Waals surface area contributed by atoms with Gasteiger partial charge in [-0.2, -0.15) is 0 Å². The van der Waals surface area contributed by atoms with Crippen molar-refractivity contribution in [3.05, 3.63) is 47.5 Å². The summed E-state index contributed by atoms with van der Waals surface area (Å²) in [6.07, 6.45) is 3.09. The summed E-state index contributed by atoms with van der Waals surface area (Å²) in [4.78, 5) is 12.1. The first-order valence-corrected chi connectivity index (χ1v) is 7.67. The summed E-state index contributed by atoms with van der Waals surface area (Å²) in [6.45, 7) is 4.72. The first-order valence-electron chi connectivity index (χ1n) is 7.67. The molecule has 2 aromatic rings. The van der Waals surface area contributed by atoms with Crippen LogP contribution in [0.25, 0.3) is 0 Å². The summed E-state index contributed by atoms with van der Waals surface area (Å²) >= 11 is 0. The highest BCUT2D eigenvalue weighted by Gasteiger charge is 2.22. The molecule has 0 saturated carbocycles. The molecule has 0 fully saturated rings. The summed E-state index contributed by atoms with van der Waals surface area (Å²) in [5.41, 5.74) is 6.71. The fourth-order valence-electron chi connectivity index (χ4n) is 2.15. The Hall–Kier alpha value is -1.99. The van der Waals surface area contributed by atoms with Crippen LogP contribution in [0, 0.1) is 5.82 Å². The van der Waals surface area contributed by atoms with E-state index < -0.39 is 5.54 Å². The number of benzene rings is 1. The van der Waals surface area contributed by atoms with Crippen LogP contribution < -0.4 is 11.1 Å². The molecular weight excluding hydrogens is 333 g/mol. The molecule has 0 saturated heterocycles. The number of hydrogen-bond acceptors (Lipinski definition) is 4. The molecule has 6 nitrogen and oxygen atoms in total.